The Hall–Kier alpha value is -1.62. The molecule has 2 aromatic rings. The maximum atomic E-state index is 5.56. The molecule has 1 aromatic heterocycles. The fraction of sp³-hybridized carbons (Fsp3) is 0.273. The van der Waals surface area contributed by atoms with Crippen LogP contribution in [0.2, 0.25) is 0 Å². The number of H-pyrrole nitrogens is 1. The third kappa shape index (κ3) is 1.86. The van der Waals surface area contributed by atoms with Crippen molar-refractivity contribution in [1.29, 1.82) is 0 Å². The first-order valence-electron chi connectivity index (χ1n) is 5.10. The van der Waals surface area contributed by atoms with Gasteiger partial charge in [-0.3, -0.25) is 9.67 Å². The molecule has 84 valence electrons. The predicted molar refractivity (Wildman–Crippen MR) is 64.7 cm³/mol. The first-order valence-corrected chi connectivity index (χ1v) is 5.51. The molecule has 0 atom stereocenters. The first-order chi connectivity index (χ1) is 7.74. The third-order valence-electron chi connectivity index (χ3n) is 2.25. The molecule has 0 saturated carbocycles. The van der Waals surface area contributed by atoms with Gasteiger partial charge in [-0.2, -0.15) is 5.10 Å². The number of ether oxygens (including phenoxy) is 1. The number of aromatic nitrogens is 3. The van der Waals surface area contributed by atoms with Crippen LogP contribution in [0.5, 0.6) is 5.75 Å². The highest BCUT2D eigenvalue weighted by molar-refractivity contribution is 7.71. The van der Waals surface area contributed by atoms with Crippen LogP contribution in [0.15, 0.2) is 24.3 Å². The lowest BCUT2D eigenvalue weighted by atomic mass is 10.3. The Kier molecular flexibility index (Phi) is 3.05. The minimum atomic E-state index is 0.574. The Morgan fingerprint density at radius 2 is 2.19 bits per heavy atom. The van der Waals surface area contributed by atoms with Crippen LogP contribution < -0.4 is 4.74 Å². The maximum absolute atomic E-state index is 5.56. The zero-order valence-corrected chi connectivity index (χ0v) is 10.0. The van der Waals surface area contributed by atoms with Crippen molar-refractivity contribution in [2.45, 2.75) is 13.8 Å². The van der Waals surface area contributed by atoms with Crippen molar-refractivity contribution in [3.63, 3.8) is 0 Å². The minimum Gasteiger partial charge on any atom is -0.492 e. The van der Waals surface area contributed by atoms with Crippen molar-refractivity contribution in [2.75, 3.05) is 6.61 Å². The number of aromatic amines is 1. The van der Waals surface area contributed by atoms with Gasteiger partial charge in [0.1, 0.15) is 11.6 Å². The van der Waals surface area contributed by atoms with E-state index in [1.54, 1.807) is 0 Å². The average Bonchev–Trinajstić information content (AvgIpc) is 2.60. The second kappa shape index (κ2) is 4.49. The zero-order chi connectivity index (χ0) is 11.5. The quantitative estimate of drug-likeness (QED) is 0.832. The summed E-state index contributed by atoms with van der Waals surface area (Å²) < 4.78 is 8.00. The van der Waals surface area contributed by atoms with Crippen molar-refractivity contribution < 1.29 is 4.74 Å². The molecule has 0 bridgehead atoms. The van der Waals surface area contributed by atoms with E-state index in [9.17, 15) is 0 Å². The molecule has 16 heavy (non-hydrogen) atoms. The van der Waals surface area contributed by atoms with E-state index < -0.39 is 0 Å². The highest BCUT2D eigenvalue weighted by Crippen LogP contribution is 2.23. The lowest BCUT2D eigenvalue weighted by molar-refractivity contribution is 0.339. The summed E-state index contributed by atoms with van der Waals surface area (Å²) in [6.45, 7) is 4.48. The summed E-state index contributed by atoms with van der Waals surface area (Å²) in [5.41, 5.74) is 0.917. The Bertz CT molecular complexity index is 544. The molecule has 0 unspecified atom stereocenters. The number of rotatable bonds is 3. The fourth-order valence-electron chi connectivity index (χ4n) is 1.58. The molecule has 0 amide bonds. The predicted octanol–water partition coefficient (Wildman–Crippen LogP) is 2.64. The summed E-state index contributed by atoms with van der Waals surface area (Å²) in [5, 5.41) is 6.85. The van der Waals surface area contributed by atoms with Crippen molar-refractivity contribution >= 4 is 12.2 Å². The summed E-state index contributed by atoms with van der Waals surface area (Å²) in [6, 6.07) is 7.77. The Morgan fingerprint density at radius 3 is 2.81 bits per heavy atom. The van der Waals surface area contributed by atoms with E-state index >= 15 is 0 Å². The molecule has 4 nitrogen and oxygen atoms in total. The molecule has 0 aliphatic rings. The molecular formula is C11H13N3OS. The van der Waals surface area contributed by atoms with E-state index in [1.165, 1.54) is 0 Å². The van der Waals surface area contributed by atoms with Gasteiger partial charge in [0, 0.05) is 0 Å². The number of hydrogen-bond acceptors (Lipinski definition) is 3. The highest BCUT2D eigenvalue weighted by Gasteiger charge is 2.08. The van der Waals surface area contributed by atoms with Crippen LogP contribution in [0.1, 0.15) is 12.7 Å². The van der Waals surface area contributed by atoms with Crippen molar-refractivity contribution in [1.82, 2.24) is 14.8 Å². The summed E-state index contributed by atoms with van der Waals surface area (Å²) in [5.74, 6) is 1.63. The third-order valence-corrected chi connectivity index (χ3v) is 2.52. The summed E-state index contributed by atoms with van der Waals surface area (Å²) >= 11 is 5.19. The zero-order valence-electron chi connectivity index (χ0n) is 9.23. The Balaban J connectivity index is 2.60. The van der Waals surface area contributed by atoms with Crippen LogP contribution in [0.4, 0.5) is 0 Å². The van der Waals surface area contributed by atoms with Gasteiger partial charge in [0.25, 0.3) is 0 Å². The van der Waals surface area contributed by atoms with E-state index in [-0.39, 0.29) is 0 Å². The van der Waals surface area contributed by atoms with Gasteiger partial charge in [0.2, 0.25) is 0 Å². The smallest absolute Gasteiger partial charge is 0.199 e. The van der Waals surface area contributed by atoms with Gasteiger partial charge in [0.15, 0.2) is 4.77 Å². The van der Waals surface area contributed by atoms with E-state index in [4.69, 9.17) is 17.0 Å². The van der Waals surface area contributed by atoms with Crippen LogP contribution in [-0.2, 0) is 0 Å². The molecular weight excluding hydrogens is 222 g/mol. The normalized spacial score (nSPS) is 10.4. The molecule has 0 saturated heterocycles. The van der Waals surface area contributed by atoms with E-state index in [1.807, 2.05) is 42.7 Å². The summed E-state index contributed by atoms with van der Waals surface area (Å²) in [7, 11) is 0. The molecule has 1 N–H and O–H groups in total. The van der Waals surface area contributed by atoms with Crippen molar-refractivity contribution in [3.8, 4) is 11.4 Å². The standard InChI is InChI=1S/C11H13N3OS/c1-3-15-10-7-5-4-6-9(10)14-8(2)12-13-11(14)16/h4-7H,3H2,1-2H3,(H,13,16). The second-order valence-electron chi connectivity index (χ2n) is 3.31. The summed E-state index contributed by atoms with van der Waals surface area (Å²) in [6.07, 6.45) is 0. The van der Waals surface area contributed by atoms with Crippen LogP contribution >= 0.6 is 12.2 Å². The van der Waals surface area contributed by atoms with Gasteiger partial charge < -0.3 is 4.74 Å². The molecule has 1 aromatic carbocycles. The number of nitrogens with one attached hydrogen (secondary N) is 1. The lowest BCUT2D eigenvalue weighted by Gasteiger charge is -2.10. The van der Waals surface area contributed by atoms with Gasteiger partial charge in [-0.1, -0.05) is 12.1 Å². The number of aryl methyl sites for hydroxylation is 1. The molecule has 1 heterocycles. The lowest BCUT2D eigenvalue weighted by Crippen LogP contribution is -2.02. The first kappa shape index (κ1) is 10.9. The van der Waals surface area contributed by atoms with Crippen molar-refractivity contribution in [3.05, 3.63) is 34.9 Å². The molecule has 0 spiro atoms. The molecule has 5 heteroatoms. The maximum Gasteiger partial charge on any atom is 0.199 e. The second-order valence-corrected chi connectivity index (χ2v) is 3.70. The molecule has 0 aliphatic heterocycles. The molecule has 0 aliphatic carbocycles. The molecule has 0 radical (unpaired) electrons. The number of nitrogens with zero attached hydrogens (tertiary/aromatic N) is 2. The van der Waals surface area contributed by atoms with Gasteiger partial charge in [-0.25, -0.2) is 0 Å². The molecule has 2 rings (SSSR count). The Morgan fingerprint density at radius 1 is 1.44 bits per heavy atom. The molecule has 0 fully saturated rings. The van der Waals surface area contributed by atoms with Gasteiger partial charge >= 0.3 is 0 Å². The monoisotopic (exact) mass is 235 g/mol. The van der Waals surface area contributed by atoms with Crippen LogP contribution in [0.3, 0.4) is 0 Å². The average molecular weight is 235 g/mol. The number of para-hydroxylation sites is 2. The van der Waals surface area contributed by atoms with E-state index in [2.05, 4.69) is 10.2 Å². The minimum absolute atomic E-state index is 0.574. The summed E-state index contributed by atoms with van der Waals surface area (Å²) in [4.78, 5) is 0. The van der Waals surface area contributed by atoms with Crippen LogP contribution in [0, 0.1) is 11.7 Å². The SMILES string of the molecule is CCOc1ccccc1-n1c(C)n[nH]c1=S. The van der Waals surface area contributed by atoms with E-state index in [0.29, 0.717) is 11.4 Å². The number of hydrogen-bond donors (Lipinski definition) is 1. The van der Waals surface area contributed by atoms with Crippen molar-refractivity contribution in [2.24, 2.45) is 0 Å². The highest BCUT2D eigenvalue weighted by atomic mass is 32.1. The fourth-order valence-corrected chi connectivity index (χ4v) is 1.85. The van der Waals surface area contributed by atoms with Gasteiger partial charge in [-0.15, -0.1) is 0 Å². The van der Waals surface area contributed by atoms with Gasteiger partial charge in [0.05, 0.1) is 12.3 Å². The Labute approximate surface area is 98.9 Å². The van der Waals surface area contributed by atoms with E-state index in [0.717, 1.165) is 17.3 Å². The van der Waals surface area contributed by atoms with Gasteiger partial charge in [-0.05, 0) is 38.2 Å². The number of benzene rings is 1. The van der Waals surface area contributed by atoms with Crippen LogP contribution in [-0.4, -0.2) is 21.4 Å². The largest absolute Gasteiger partial charge is 0.492 e. The topological polar surface area (TPSA) is 42.8 Å². The van der Waals surface area contributed by atoms with Crippen LogP contribution in [0.25, 0.3) is 5.69 Å².